The normalized spacial score (nSPS) is 12.3. The summed E-state index contributed by atoms with van der Waals surface area (Å²) in [7, 11) is 0. The van der Waals surface area contributed by atoms with Crippen molar-refractivity contribution < 1.29 is 9.59 Å². The zero-order chi connectivity index (χ0) is 21.6. The number of benzene rings is 2. The maximum absolute atomic E-state index is 13.2. The monoisotopic (exact) mass is 394 g/mol. The van der Waals surface area contributed by atoms with E-state index in [4.69, 9.17) is 0 Å². The number of amides is 2. The van der Waals surface area contributed by atoms with E-state index < -0.39 is 6.04 Å². The van der Waals surface area contributed by atoms with Crippen LogP contribution in [0.25, 0.3) is 0 Å². The van der Waals surface area contributed by atoms with Gasteiger partial charge in [-0.15, -0.1) is 0 Å². The molecule has 2 aromatic rings. The molecule has 0 spiro atoms. The average Bonchev–Trinajstić information content (AvgIpc) is 2.65. The number of hydrogen-bond donors (Lipinski definition) is 1. The molecule has 0 aliphatic rings. The molecule has 0 aromatic heterocycles. The fourth-order valence-corrected chi connectivity index (χ4v) is 3.18. The van der Waals surface area contributed by atoms with Gasteiger partial charge >= 0.3 is 0 Å². The number of aryl methyl sites for hydroxylation is 3. The minimum atomic E-state index is -0.542. The van der Waals surface area contributed by atoms with Crippen LogP contribution in [-0.2, 0) is 22.6 Å². The first-order chi connectivity index (χ1) is 13.6. The molecule has 0 saturated heterocycles. The third-order valence-electron chi connectivity index (χ3n) is 5.02. The van der Waals surface area contributed by atoms with Crippen LogP contribution in [0.2, 0.25) is 0 Å². The van der Waals surface area contributed by atoms with Gasteiger partial charge in [0, 0.05) is 18.5 Å². The number of carbonyl (C=O) groups is 2. The second-order valence-electron chi connectivity index (χ2n) is 8.85. The zero-order valence-corrected chi connectivity index (χ0v) is 18.6. The predicted octanol–water partition coefficient (Wildman–Crippen LogP) is 4.57. The van der Waals surface area contributed by atoms with Crippen molar-refractivity contribution >= 4 is 11.8 Å². The molecule has 29 heavy (non-hydrogen) atoms. The second kappa shape index (κ2) is 9.73. The highest BCUT2D eigenvalue weighted by Gasteiger charge is 2.28. The van der Waals surface area contributed by atoms with E-state index in [0.29, 0.717) is 19.4 Å². The van der Waals surface area contributed by atoms with Gasteiger partial charge in [-0.1, -0.05) is 54.1 Å². The van der Waals surface area contributed by atoms with Crippen LogP contribution < -0.4 is 5.32 Å². The van der Waals surface area contributed by atoms with Gasteiger partial charge in [-0.05, 0) is 64.7 Å². The van der Waals surface area contributed by atoms with E-state index in [9.17, 15) is 9.59 Å². The highest BCUT2D eigenvalue weighted by Crippen LogP contribution is 2.16. The van der Waals surface area contributed by atoms with Crippen LogP contribution in [0.3, 0.4) is 0 Å². The van der Waals surface area contributed by atoms with Crippen LogP contribution in [0.15, 0.2) is 48.5 Å². The van der Waals surface area contributed by atoms with Gasteiger partial charge in [0.25, 0.3) is 0 Å². The highest BCUT2D eigenvalue weighted by atomic mass is 16.2. The first kappa shape index (κ1) is 22.7. The topological polar surface area (TPSA) is 49.4 Å². The van der Waals surface area contributed by atoms with E-state index in [1.165, 1.54) is 5.56 Å². The molecule has 0 radical (unpaired) electrons. The van der Waals surface area contributed by atoms with Crippen molar-refractivity contribution in [3.8, 4) is 0 Å². The first-order valence-electron chi connectivity index (χ1n) is 10.3. The first-order valence-corrected chi connectivity index (χ1v) is 10.3. The summed E-state index contributed by atoms with van der Waals surface area (Å²) in [4.78, 5) is 27.6. The Morgan fingerprint density at radius 3 is 2.21 bits per heavy atom. The van der Waals surface area contributed by atoms with Crippen molar-refractivity contribution in [2.75, 3.05) is 0 Å². The summed E-state index contributed by atoms with van der Waals surface area (Å²) in [6, 6.07) is 15.7. The minimum Gasteiger partial charge on any atom is -0.350 e. The van der Waals surface area contributed by atoms with Gasteiger partial charge in [-0.3, -0.25) is 9.59 Å². The molecule has 0 aliphatic carbocycles. The maximum Gasteiger partial charge on any atom is 0.242 e. The lowest BCUT2D eigenvalue weighted by Gasteiger charge is -2.32. The molecule has 1 atom stereocenters. The Kier molecular flexibility index (Phi) is 7.60. The minimum absolute atomic E-state index is 0.00890. The molecule has 0 heterocycles. The highest BCUT2D eigenvalue weighted by molar-refractivity contribution is 5.87. The predicted molar refractivity (Wildman–Crippen MR) is 119 cm³/mol. The zero-order valence-electron chi connectivity index (χ0n) is 18.6. The number of carbonyl (C=O) groups excluding carboxylic acids is 2. The standard InChI is InChI=1S/C25H34N2O2/c1-18-11-13-21(14-12-18)15-16-23(28)27(17-22-10-8-7-9-19(22)2)20(3)24(29)26-25(4,5)6/h7-14,20H,15-17H2,1-6H3,(H,26,29)/t20-/m1/s1. The van der Waals surface area contributed by atoms with Crippen LogP contribution in [0.5, 0.6) is 0 Å². The van der Waals surface area contributed by atoms with E-state index >= 15 is 0 Å². The lowest BCUT2D eigenvalue weighted by molar-refractivity contribution is -0.141. The van der Waals surface area contributed by atoms with Crippen LogP contribution >= 0.6 is 0 Å². The Labute approximate surface area is 175 Å². The molecule has 0 unspecified atom stereocenters. The Balaban J connectivity index is 2.18. The summed E-state index contributed by atoms with van der Waals surface area (Å²) in [6.07, 6.45) is 1.04. The van der Waals surface area contributed by atoms with Crippen molar-refractivity contribution in [2.45, 2.75) is 72.5 Å². The van der Waals surface area contributed by atoms with Crippen molar-refractivity contribution in [1.82, 2.24) is 10.2 Å². The quantitative estimate of drug-likeness (QED) is 0.748. The SMILES string of the molecule is Cc1ccc(CCC(=O)N(Cc2ccccc2C)[C@H](C)C(=O)NC(C)(C)C)cc1. The Morgan fingerprint density at radius 2 is 1.62 bits per heavy atom. The molecule has 0 fully saturated rings. The van der Waals surface area contributed by atoms with Gasteiger partial charge < -0.3 is 10.2 Å². The van der Waals surface area contributed by atoms with E-state index in [0.717, 1.165) is 16.7 Å². The summed E-state index contributed by atoms with van der Waals surface area (Å²) >= 11 is 0. The summed E-state index contributed by atoms with van der Waals surface area (Å²) < 4.78 is 0. The lowest BCUT2D eigenvalue weighted by Crippen LogP contribution is -2.52. The van der Waals surface area contributed by atoms with Crippen molar-refractivity contribution in [3.05, 3.63) is 70.8 Å². The van der Waals surface area contributed by atoms with Gasteiger partial charge in [0.2, 0.25) is 11.8 Å². The van der Waals surface area contributed by atoms with Gasteiger partial charge in [0.15, 0.2) is 0 Å². The molecule has 2 rings (SSSR count). The summed E-state index contributed by atoms with van der Waals surface area (Å²) in [5.41, 5.74) is 4.17. The van der Waals surface area contributed by atoms with Gasteiger partial charge in [0.05, 0.1) is 0 Å². The molecular weight excluding hydrogens is 360 g/mol. The van der Waals surface area contributed by atoms with E-state index in [-0.39, 0.29) is 17.4 Å². The van der Waals surface area contributed by atoms with E-state index in [1.807, 2.05) is 65.8 Å². The molecule has 0 aliphatic heterocycles. The lowest BCUT2D eigenvalue weighted by atomic mass is 10.0. The number of hydrogen-bond acceptors (Lipinski definition) is 2. The molecule has 156 valence electrons. The molecule has 4 heteroatoms. The fourth-order valence-electron chi connectivity index (χ4n) is 3.18. The molecule has 4 nitrogen and oxygen atoms in total. The molecular formula is C25H34N2O2. The average molecular weight is 395 g/mol. The van der Waals surface area contributed by atoms with Crippen molar-refractivity contribution in [3.63, 3.8) is 0 Å². The smallest absolute Gasteiger partial charge is 0.242 e. The van der Waals surface area contributed by atoms with E-state index in [2.05, 4.69) is 29.6 Å². The van der Waals surface area contributed by atoms with Gasteiger partial charge in [-0.2, -0.15) is 0 Å². The third-order valence-corrected chi connectivity index (χ3v) is 5.02. The summed E-state index contributed by atoms with van der Waals surface area (Å²) in [6.45, 7) is 12.2. The number of nitrogens with zero attached hydrogens (tertiary/aromatic N) is 1. The Hall–Kier alpha value is -2.62. The fraction of sp³-hybridized carbons (Fsp3) is 0.440. The maximum atomic E-state index is 13.2. The molecule has 2 aromatic carbocycles. The Morgan fingerprint density at radius 1 is 1.00 bits per heavy atom. The van der Waals surface area contributed by atoms with Crippen molar-refractivity contribution in [2.24, 2.45) is 0 Å². The molecule has 1 N–H and O–H groups in total. The second-order valence-corrected chi connectivity index (χ2v) is 8.85. The van der Waals surface area contributed by atoms with Gasteiger partial charge in [-0.25, -0.2) is 0 Å². The molecule has 0 saturated carbocycles. The molecule has 2 amide bonds. The van der Waals surface area contributed by atoms with Crippen LogP contribution in [0.1, 0.15) is 56.4 Å². The largest absolute Gasteiger partial charge is 0.350 e. The summed E-state index contributed by atoms with van der Waals surface area (Å²) in [5.74, 6) is -0.139. The third kappa shape index (κ3) is 7.04. The van der Waals surface area contributed by atoms with Crippen molar-refractivity contribution in [1.29, 1.82) is 0 Å². The molecule has 0 bridgehead atoms. The number of rotatable bonds is 7. The van der Waals surface area contributed by atoms with Gasteiger partial charge in [0.1, 0.15) is 6.04 Å². The van der Waals surface area contributed by atoms with Crippen LogP contribution in [0, 0.1) is 13.8 Å². The van der Waals surface area contributed by atoms with Crippen LogP contribution in [0.4, 0.5) is 0 Å². The van der Waals surface area contributed by atoms with Crippen LogP contribution in [-0.4, -0.2) is 28.3 Å². The number of nitrogens with one attached hydrogen (secondary N) is 1. The Bertz CT molecular complexity index is 835. The van der Waals surface area contributed by atoms with E-state index in [1.54, 1.807) is 4.90 Å². The summed E-state index contributed by atoms with van der Waals surface area (Å²) in [5, 5.41) is 3.00.